The van der Waals surface area contributed by atoms with E-state index in [2.05, 4.69) is 15.4 Å². The average Bonchev–Trinajstić information content (AvgIpc) is 3.45. The molecular formula is C26H23N5O3S. The number of methoxy groups -OCH3 is 1. The summed E-state index contributed by atoms with van der Waals surface area (Å²) < 4.78 is 8.49. The number of nitrogens with one attached hydrogen (secondary N) is 1. The van der Waals surface area contributed by atoms with Gasteiger partial charge in [-0.2, -0.15) is 5.10 Å². The molecule has 0 saturated heterocycles. The van der Waals surface area contributed by atoms with Gasteiger partial charge in [-0.3, -0.25) is 14.0 Å². The van der Waals surface area contributed by atoms with Crippen LogP contribution >= 0.6 is 11.3 Å². The van der Waals surface area contributed by atoms with Crippen LogP contribution in [-0.2, 0) is 6.54 Å². The molecule has 8 nitrogen and oxygen atoms in total. The van der Waals surface area contributed by atoms with E-state index >= 15 is 0 Å². The number of carbonyl (C=O) groups excluding carboxylic acids is 1. The zero-order valence-electron chi connectivity index (χ0n) is 19.3. The number of nitrogens with zero attached hydrogens (tertiary/aromatic N) is 4. The zero-order valence-corrected chi connectivity index (χ0v) is 20.1. The molecule has 1 amide bonds. The highest BCUT2D eigenvalue weighted by Gasteiger charge is 2.18. The van der Waals surface area contributed by atoms with Gasteiger partial charge in [0.2, 0.25) is 0 Å². The van der Waals surface area contributed by atoms with Crippen molar-refractivity contribution in [3.63, 3.8) is 0 Å². The zero-order chi connectivity index (χ0) is 24.4. The van der Waals surface area contributed by atoms with Crippen LogP contribution in [0.25, 0.3) is 27.5 Å². The Morgan fingerprint density at radius 2 is 1.74 bits per heavy atom. The number of fused-ring (bicyclic) bond motifs is 1. The number of carbonyl (C=O) groups is 1. The molecule has 0 radical (unpaired) electrons. The second kappa shape index (κ2) is 9.55. The standard InChI is InChI=1S/C26H23N5O3S/c1-17-24(35-26-28-22(16-30(17)26)18-6-4-3-5-7-18)25(33)27-14-15-31-23(32)13-12-21(29-31)19-8-10-20(34-2)11-9-19/h3-13,16H,14-15H2,1-2H3,(H,27,33). The number of ether oxygens (including phenoxy) is 1. The first-order chi connectivity index (χ1) is 17.0. The average molecular weight is 486 g/mol. The lowest BCUT2D eigenvalue weighted by molar-refractivity contribution is 0.0955. The molecule has 5 rings (SSSR count). The number of thiazole rings is 1. The molecule has 1 N–H and O–H groups in total. The summed E-state index contributed by atoms with van der Waals surface area (Å²) in [6.07, 6.45) is 1.95. The highest BCUT2D eigenvalue weighted by molar-refractivity contribution is 7.19. The Bertz CT molecular complexity index is 1550. The number of aryl methyl sites for hydroxylation is 1. The van der Waals surface area contributed by atoms with Crippen LogP contribution in [0, 0.1) is 6.92 Å². The van der Waals surface area contributed by atoms with Gasteiger partial charge in [0, 0.05) is 35.6 Å². The number of benzene rings is 2. The molecule has 3 aromatic heterocycles. The van der Waals surface area contributed by atoms with E-state index in [-0.39, 0.29) is 24.6 Å². The molecule has 0 fully saturated rings. The minimum atomic E-state index is -0.226. The van der Waals surface area contributed by atoms with Crippen LogP contribution in [0.15, 0.2) is 77.7 Å². The first-order valence-electron chi connectivity index (χ1n) is 11.1. The van der Waals surface area contributed by atoms with Gasteiger partial charge in [-0.1, -0.05) is 41.7 Å². The Kier molecular flexibility index (Phi) is 6.15. The predicted molar refractivity (Wildman–Crippen MR) is 136 cm³/mol. The summed E-state index contributed by atoms with van der Waals surface area (Å²) in [5, 5.41) is 7.35. The quantitative estimate of drug-likeness (QED) is 0.376. The molecule has 0 atom stereocenters. The van der Waals surface area contributed by atoms with Gasteiger partial charge < -0.3 is 10.1 Å². The van der Waals surface area contributed by atoms with Gasteiger partial charge in [-0.25, -0.2) is 9.67 Å². The van der Waals surface area contributed by atoms with Gasteiger partial charge in [-0.05, 0) is 37.3 Å². The van der Waals surface area contributed by atoms with Crippen LogP contribution in [0.4, 0.5) is 0 Å². The number of hydrogen-bond donors (Lipinski definition) is 1. The molecule has 0 saturated carbocycles. The number of aromatic nitrogens is 4. The molecule has 176 valence electrons. The largest absolute Gasteiger partial charge is 0.497 e. The number of rotatable bonds is 7. The van der Waals surface area contributed by atoms with E-state index in [4.69, 9.17) is 4.74 Å². The van der Waals surface area contributed by atoms with E-state index in [9.17, 15) is 9.59 Å². The van der Waals surface area contributed by atoms with Crippen molar-refractivity contribution in [3.05, 3.63) is 93.9 Å². The van der Waals surface area contributed by atoms with Crippen LogP contribution < -0.4 is 15.6 Å². The lowest BCUT2D eigenvalue weighted by atomic mass is 10.1. The Morgan fingerprint density at radius 1 is 1.00 bits per heavy atom. The Hall–Kier alpha value is -4.24. The molecule has 35 heavy (non-hydrogen) atoms. The minimum absolute atomic E-state index is 0.196. The summed E-state index contributed by atoms with van der Waals surface area (Å²) in [5.41, 5.74) is 4.04. The van der Waals surface area contributed by atoms with Crippen molar-refractivity contribution in [2.24, 2.45) is 0 Å². The van der Waals surface area contributed by atoms with Gasteiger partial charge in [0.1, 0.15) is 10.6 Å². The fourth-order valence-corrected chi connectivity index (χ4v) is 4.81. The summed E-state index contributed by atoms with van der Waals surface area (Å²) >= 11 is 1.35. The molecule has 0 spiro atoms. The van der Waals surface area contributed by atoms with Crippen molar-refractivity contribution in [1.82, 2.24) is 24.5 Å². The van der Waals surface area contributed by atoms with Gasteiger partial charge in [-0.15, -0.1) is 0 Å². The molecule has 0 aliphatic heterocycles. The highest BCUT2D eigenvalue weighted by atomic mass is 32.1. The highest BCUT2D eigenvalue weighted by Crippen LogP contribution is 2.27. The molecule has 3 heterocycles. The summed E-state index contributed by atoms with van der Waals surface area (Å²) in [7, 11) is 1.61. The Labute approximate surface area is 205 Å². The second-order valence-corrected chi connectivity index (χ2v) is 8.90. The maximum atomic E-state index is 12.9. The minimum Gasteiger partial charge on any atom is -0.497 e. The third-order valence-corrected chi connectivity index (χ3v) is 6.85. The van der Waals surface area contributed by atoms with Crippen LogP contribution in [0.1, 0.15) is 15.4 Å². The Morgan fingerprint density at radius 3 is 2.46 bits per heavy atom. The molecule has 2 aromatic carbocycles. The number of hydrogen-bond acceptors (Lipinski definition) is 6. The van der Waals surface area contributed by atoms with Crippen LogP contribution in [0.2, 0.25) is 0 Å². The SMILES string of the molecule is COc1ccc(-c2ccc(=O)n(CCNC(=O)c3sc4nc(-c5ccccc5)cn4c3C)n2)cc1. The maximum absolute atomic E-state index is 12.9. The van der Waals surface area contributed by atoms with Gasteiger partial charge in [0.15, 0.2) is 4.96 Å². The van der Waals surface area contributed by atoms with Crippen molar-refractivity contribution >= 4 is 22.2 Å². The third-order valence-electron chi connectivity index (χ3n) is 5.69. The fraction of sp³-hybridized carbons (Fsp3) is 0.154. The number of amides is 1. The predicted octanol–water partition coefficient (Wildman–Crippen LogP) is 4.03. The third kappa shape index (κ3) is 4.58. The molecule has 0 aliphatic rings. The van der Waals surface area contributed by atoms with Gasteiger partial charge in [0.05, 0.1) is 25.0 Å². The van der Waals surface area contributed by atoms with Gasteiger partial charge >= 0.3 is 0 Å². The monoisotopic (exact) mass is 485 g/mol. The molecule has 0 unspecified atom stereocenters. The lowest BCUT2D eigenvalue weighted by Gasteiger charge is -2.09. The molecular weight excluding hydrogens is 462 g/mol. The topological polar surface area (TPSA) is 90.5 Å². The van der Waals surface area contributed by atoms with Crippen molar-refractivity contribution in [2.45, 2.75) is 13.5 Å². The number of imidazole rings is 1. The van der Waals surface area contributed by atoms with E-state index in [0.717, 1.165) is 33.2 Å². The summed E-state index contributed by atoms with van der Waals surface area (Å²) in [5.74, 6) is 0.552. The Balaban J connectivity index is 1.27. The fourth-order valence-electron chi connectivity index (χ4n) is 3.79. The van der Waals surface area contributed by atoms with Crippen molar-refractivity contribution in [3.8, 4) is 28.3 Å². The van der Waals surface area contributed by atoms with Crippen molar-refractivity contribution in [1.29, 1.82) is 0 Å². The molecule has 9 heteroatoms. The summed E-state index contributed by atoms with van der Waals surface area (Å²) in [6.45, 7) is 2.43. The van der Waals surface area contributed by atoms with Crippen LogP contribution in [0.5, 0.6) is 5.75 Å². The smallest absolute Gasteiger partial charge is 0.266 e. The lowest BCUT2D eigenvalue weighted by Crippen LogP contribution is -2.31. The first-order valence-corrected chi connectivity index (χ1v) is 11.9. The van der Waals surface area contributed by atoms with E-state index in [0.29, 0.717) is 10.6 Å². The van der Waals surface area contributed by atoms with Crippen LogP contribution in [0.3, 0.4) is 0 Å². The van der Waals surface area contributed by atoms with E-state index in [1.165, 1.54) is 22.1 Å². The molecule has 5 aromatic rings. The van der Waals surface area contributed by atoms with Gasteiger partial charge in [0.25, 0.3) is 11.5 Å². The maximum Gasteiger partial charge on any atom is 0.266 e. The van der Waals surface area contributed by atoms with Crippen LogP contribution in [-0.4, -0.2) is 38.7 Å². The van der Waals surface area contributed by atoms with E-state index in [1.54, 1.807) is 13.2 Å². The first kappa shape index (κ1) is 22.5. The second-order valence-electron chi connectivity index (χ2n) is 7.93. The van der Waals surface area contributed by atoms with E-state index in [1.807, 2.05) is 72.1 Å². The van der Waals surface area contributed by atoms with Crippen molar-refractivity contribution in [2.75, 3.05) is 13.7 Å². The van der Waals surface area contributed by atoms with E-state index < -0.39 is 0 Å². The molecule has 0 bridgehead atoms. The van der Waals surface area contributed by atoms with Crippen molar-refractivity contribution < 1.29 is 9.53 Å². The normalized spacial score (nSPS) is 11.0. The summed E-state index contributed by atoms with van der Waals surface area (Å²) in [4.78, 5) is 31.2. The summed E-state index contributed by atoms with van der Waals surface area (Å²) in [6, 6.07) is 20.6. The molecule has 0 aliphatic carbocycles.